The van der Waals surface area contributed by atoms with Crippen LogP contribution in [0.4, 0.5) is 0 Å². The van der Waals surface area contributed by atoms with Gasteiger partial charge in [-0.3, -0.25) is 9.59 Å². The van der Waals surface area contributed by atoms with Gasteiger partial charge in [-0.05, 0) is 32.1 Å². The first-order valence-corrected chi connectivity index (χ1v) is 6.13. The molecule has 1 aliphatic carbocycles. The summed E-state index contributed by atoms with van der Waals surface area (Å²) in [5.41, 5.74) is 6.54. The fraction of sp³-hybridized carbons (Fsp3) is 0.667. The Labute approximate surface area is 102 Å². The Balaban J connectivity index is 2.07. The second-order valence-corrected chi connectivity index (χ2v) is 4.19. The van der Waals surface area contributed by atoms with E-state index in [4.69, 9.17) is 5.73 Å². The molecule has 0 aromatic rings. The molecule has 1 rings (SSSR count). The Morgan fingerprint density at radius 2 is 2.06 bits per heavy atom. The van der Waals surface area contributed by atoms with E-state index >= 15 is 0 Å². The highest BCUT2D eigenvalue weighted by Gasteiger charge is 2.05. The number of allylic oxidation sites excluding steroid dienone is 1. The molecule has 5 heteroatoms. The Morgan fingerprint density at radius 1 is 1.24 bits per heavy atom. The number of rotatable bonds is 6. The van der Waals surface area contributed by atoms with Gasteiger partial charge in [-0.1, -0.05) is 11.6 Å². The van der Waals surface area contributed by atoms with E-state index in [1.165, 1.54) is 18.4 Å². The van der Waals surface area contributed by atoms with Crippen molar-refractivity contribution in [3.05, 3.63) is 11.6 Å². The maximum absolute atomic E-state index is 11.3. The van der Waals surface area contributed by atoms with Gasteiger partial charge in [0.05, 0.1) is 13.1 Å². The Bertz CT molecular complexity index is 300. The van der Waals surface area contributed by atoms with Crippen molar-refractivity contribution in [1.82, 2.24) is 10.6 Å². The number of carbonyl (C=O) groups excluding carboxylic acids is 2. The first-order valence-electron chi connectivity index (χ1n) is 6.13. The van der Waals surface area contributed by atoms with Crippen molar-refractivity contribution < 1.29 is 9.59 Å². The van der Waals surface area contributed by atoms with Crippen LogP contribution in [0.15, 0.2) is 11.6 Å². The van der Waals surface area contributed by atoms with Crippen LogP contribution in [-0.2, 0) is 9.59 Å². The van der Waals surface area contributed by atoms with E-state index in [-0.39, 0.29) is 24.9 Å². The van der Waals surface area contributed by atoms with Crippen LogP contribution in [0.2, 0.25) is 0 Å². The minimum absolute atomic E-state index is 0.00901. The lowest BCUT2D eigenvalue weighted by Gasteiger charge is -2.13. The first kappa shape index (κ1) is 13.7. The average molecular weight is 239 g/mol. The summed E-state index contributed by atoms with van der Waals surface area (Å²) in [5, 5.41) is 5.20. The fourth-order valence-electron chi connectivity index (χ4n) is 1.81. The largest absolute Gasteiger partial charge is 0.354 e. The van der Waals surface area contributed by atoms with Crippen LogP contribution in [0.5, 0.6) is 0 Å². The average Bonchev–Trinajstić information content (AvgIpc) is 2.37. The van der Waals surface area contributed by atoms with Crippen LogP contribution in [0.1, 0.15) is 32.1 Å². The molecule has 1 aliphatic rings. The number of hydrogen-bond acceptors (Lipinski definition) is 3. The maximum atomic E-state index is 11.3. The summed E-state index contributed by atoms with van der Waals surface area (Å²) in [6, 6.07) is 0. The Morgan fingerprint density at radius 3 is 2.71 bits per heavy atom. The lowest BCUT2D eigenvalue weighted by molar-refractivity contribution is -0.125. The van der Waals surface area contributed by atoms with Crippen molar-refractivity contribution in [2.75, 3.05) is 19.6 Å². The Kier molecular flexibility index (Phi) is 6.32. The molecule has 2 amide bonds. The maximum Gasteiger partial charge on any atom is 0.239 e. The number of amides is 2. The van der Waals surface area contributed by atoms with Crippen molar-refractivity contribution in [2.45, 2.75) is 32.1 Å². The van der Waals surface area contributed by atoms with E-state index in [9.17, 15) is 9.59 Å². The molecular formula is C12H21N3O2. The highest BCUT2D eigenvalue weighted by atomic mass is 16.2. The molecular weight excluding hydrogens is 218 g/mol. The van der Waals surface area contributed by atoms with E-state index in [1.807, 2.05) is 0 Å². The molecule has 0 bridgehead atoms. The molecule has 17 heavy (non-hydrogen) atoms. The molecule has 0 radical (unpaired) electrons. The molecule has 0 spiro atoms. The number of carbonyl (C=O) groups is 2. The number of nitrogens with two attached hydrogens (primary N) is 1. The minimum Gasteiger partial charge on any atom is -0.354 e. The Hall–Kier alpha value is -1.36. The van der Waals surface area contributed by atoms with Crippen molar-refractivity contribution in [2.24, 2.45) is 5.73 Å². The van der Waals surface area contributed by atoms with E-state index < -0.39 is 0 Å². The molecule has 0 saturated carbocycles. The van der Waals surface area contributed by atoms with Gasteiger partial charge < -0.3 is 16.4 Å². The van der Waals surface area contributed by atoms with Gasteiger partial charge >= 0.3 is 0 Å². The lowest BCUT2D eigenvalue weighted by Crippen LogP contribution is -2.39. The molecule has 0 unspecified atom stereocenters. The van der Waals surface area contributed by atoms with Crippen LogP contribution in [0, 0.1) is 0 Å². The van der Waals surface area contributed by atoms with E-state index in [2.05, 4.69) is 16.7 Å². The molecule has 0 fully saturated rings. The third kappa shape index (κ3) is 6.06. The van der Waals surface area contributed by atoms with E-state index in [0.29, 0.717) is 6.54 Å². The SMILES string of the molecule is NCC(=O)NCC(=O)NCCC1=CCCCC1. The van der Waals surface area contributed by atoms with Gasteiger partial charge in [0, 0.05) is 6.54 Å². The van der Waals surface area contributed by atoms with E-state index in [1.54, 1.807) is 0 Å². The predicted molar refractivity (Wildman–Crippen MR) is 66.2 cm³/mol. The zero-order valence-electron chi connectivity index (χ0n) is 10.1. The van der Waals surface area contributed by atoms with Crippen molar-refractivity contribution in [3.63, 3.8) is 0 Å². The van der Waals surface area contributed by atoms with Gasteiger partial charge in [0.1, 0.15) is 0 Å². The molecule has 0 heterocycles. The van der Waals surface area contributed by atoms with Crippen LogP contribution >= 0.6 is 0 Å². The highest BCUT2D eigenvalue weighted by Crippen LogP contribution is 2.19. The lowest BCUT2D eigenvalue weighted by atomic mass is 9.97. The van der Waals surface area contributed by atoms with E-state index in [0.717, 1.165) is 19.3 Å². The van der Waals surface area contributed by atoms with Gasteiger partial charge in [0.2, 0.25) is 11.8 Å². The van der Waals surface area contributed by atoms with Crippen LogP contribution in [0.25, 0.3) is 0 Å². The van der Waals surface area contributed by atoms with Crippen molar-refractivity contribution in [1.29, 1.82) is 0 Å². The van der Waals surface area contributed by atoms with Gasteiger partial charge in [-0.15, -0.1) is 0 Å². The van der Waals surface area contributed by atoms with Gasteiger partial charge in [0.15, 0.2) is 0 Å². The molecule has 0 aliphatic heterocycles. The van der Waals surface area contributed by atoms with Crippen molar-refractivity contribution >= 4 is 11.8 Å². The standard InChI is InChI=1S/C12H21N3O2/c13-8-11(16)15-9-12(17)14-7-6-10-4-2-1-3-5-10/h4H,1-3,5-9,13H2,(H,14,17)(H,15,16). The smallest absolute Gasteiger partial charge is 0.239 e. The normalized spacial score (nSPS) is 15.0. The monoisotopic (exact) mass is 239 g/mol. The third-order valence-corrected chi connectivity index (χ3v) is 2.78. The molecule has 4 N–H and O–H groups in total. The summed E-state index contributed by atoms with van der Waals surface area (Å²) in [6.45, 7) is 0.568. The molecule has 5 nitrogen and oxygen atoms in total. The summed E-state index contributed by atoms with van der Waals surface area (Å²) in [4.78, 5) is 22.1. The van der Waals surface area contributed by atoms with Gasteiger partial charge in [-0.2, -0.15) is 0 Å². The summed E-state index contributed by atoms with van der Waals surface area (Å²) in [6.07, 6.45) is 8.03. The number of hydrogen-bond donors (Lipinski definition) is 3. The fourth-order valence-corrected chi connectivity index (χ4v) is 1.81. The predicted octanol–water partition coefficient (Wildman–Crippen LogP) is 0.0680. The summed E-state index contributed by atoms with van der Waals surface area (Å²) in [7, 11) is 0. The van der Waals surface area contributed by atoms with Crippen LogP contribution in [0.3, 0.4) is 0 Å². The van der Waals surface area contributed by atoms with Gasteiger partial charge in [-0.25, -0.2) is 0 Å². The van der Waals surface area contributed by atoms with Gasteiger partial charge in [0.25, 0.3) is 0 Å². The second-order valence-electron chi connectivity index (χ2n) is 4.19. The quantitative estimate of drug-likeness (QED) is 0.573. The number of nitrogens with one attached hydrogen (secondary N) is 2. The summed E-state index contributed by atoms with van der Waals surface area (Å²) in [5.74, 6) is -0.474. The highest BCUT2D eigenvalue weighted by molar-refractivity contribution is 5.85. The third-order valence-electron chi connectivity index (χ3n) is 2.78. The van der Waals surface area contributed by atoms with Crippen molar-refractivity contribution in [3.8, 4) is 0 Å². The van der Waals surface area contributed by atoms with Crippen LogP contribution in [-0.4, -0.2) is 31.4 Å². The summed E-state index contributed by atoms with van der Waals surface area (Å²) < 4.78 is 0. The first-order chi connectivity index (χ1) is 8.22. The zero-order chi connectivity index (χ0) is 12.5. The molecule has 0 saturated heterocycles. The topological polar surface area (TPSA) is 84.2 Å². The summed E-state index contributed by atoms with van der Waals surface area (Å²) >= 11 is 0. The molecule has 0 aromatic heterocycles. The molecule has 0 atom stereocenters. The molecule has 0 aromatic carbocycles. The molecule has 96 valence electrons. The second kappa shape index (κ2) is 7.84. The minimum atomic E-state index is -0.310. The zero-order valence-corrected chi connectivity index (χ0v) is 10.1. The van der Waals surface area contributed by atoms with Crippen LogP contribution < -0.4 is 16.4 Å².